The molecular weight excluding hydrogens is 233 g/mol. The summed E-state index contributed by atoms with van der Waals surface area (Å²) >= 11 is 0. The Kier molecular flexibility index (Phi) is 5.78. The number of esters is 1. The molecule has 3 nitrogen and oxygen atoms in total. The van der Waals surface area contributed by atoms with Gasteiger partial charge in [-0.15, -0.1) is 0 Å². The van der Waals surface area contributed by atoms with Crippen molar-refractivity contribution in [2.24, 2.45) is 5.92 Å². The van der Waals surface area contributed by atoms with Crippen LogP contribution in [0.15, 0.2) is 24.3 Å². The van der Waals surface area contributed by atoms with E-state index in [2.05, 4.69) is 5.32 Å². The van der Waals surface area contributed by atoms with Crippen LogP contribution in [0.4, 0.5) is 4.39 Å². The second-order valence-electron chi connectivity index (χ2n) is 4.43. The summed E-state index contributed by atoms with van der Waals surface area (Å²) in [6.45, 7) is 4.53. The number of hydrogen-bond acceptors (Lipinski definition) is 3. The van der Waals surface area contributed by atoms with Crippen molar-refractivity contribution in [2.75, 3.05) is 13.7 Å². The first-order chi connectivity index (χ1) is 8.54. The first-order valence-corrected chi connectivity index (χ1v) is 6.10. The number of halogens is 1. The number of carbonyl (C=O) groups excluding carboxylic acids is 1. The molecule has 0 aromatic heterocycles. The minimum absolute atomic E-state index is 0.0536. The Balaban J connectivity index is 2.33. The zero-order chi connectivity index (χ0) is 13.5. The van der Waals surface area contributed by atoms with Gasteiger partial charge in [-0.3, -0.25) is 4.79 Å². The fourth-order valence-electron chi connectivity index (χ4n) is 1.66. The highest BCUT2D eigenvalue weighted by atomic mass is 19.1. The van der Waals surface area contributed by atoms with Crippen molar-refractivity contribution >= 4 is 5.97 Å². The minimum Gasteiger partial charge on any atom is -0.469 e. The molecule has 0 spiro atoms. The predicted molar refractivity (Wildman–Crippen MR) is 68.7 cm³/mol. The fourth-order valence-corrected chi connectivity index (χ4v) is 1.66. The molecule has 1 aromatic rings. The van der Waals surface area contributed by atoms with Gasteiger partial charge >= 0.3 is 5.97 Å². The van der Waals surface area contributed by atoms with E-state index in [1.165, 1.54) is 19.2 Å². The average molecular weight is 253 g/mol. The largest absolute Gasteiger partial charge is 0.469 e. The maximum Gasteiger partial charge on any atom is 0.309 e. The molecule has 2 atom stereocenters. The van der Waals surface area contributed by atoms with Crippen molar-refractivity contribution in [1.29, 1.82) is 0 Å². The molecule has 1 N–H and O–H groups in total. The highest BCUT2D eigenvalue weighted by Gasteiger charge is 2.19. The highest BCUT2D eigenvalue weighted by Crippen LogP contribution is 2.06. The van der Waals surface area contributed by atoms with Gasteiger partial charge in [0.25, 0.3) is 0 Å². The quantitative estimate of drug-likeness (QED) is 0.789. The molecular formula is C14H20FNO2. The number of methoxy groups -OCH3 is 1. The molecule has 0 aliphatic heterocycles. The van der Waals surface area contributed by atoms with Crippen molar-refractivity contribution in [3.63, 3.8) is 0 Å². The molecule has 0 bridgehead atoms. The van der Waals surface area contributed by atoms with Crippen LogP contribution >= 0.6 is 0 Å². The Morgan fingerprint density at radius 1 is 1.33 bits per heavy atom. The molecule has 0 fully saturated rings. The van der Waals surface area contributed by atoms with Gasteiger partial charge in [-0.05, 0) is 37.6 Å². The van der Waals surface area contributed by atoms with Crippen LogP contribution < -0.4 is 5.32 Å². The zero-order valence-corrected chi connectivity index (χ0v) is 11.1. The van der Waals surface area contributed by atoms with E-state index in [0.29, 0.717) is 0 Å². The van der Waals surface area contributed by atoms with E-state index in [4.69, 9.17) is 4.74 Å². The Morgan fingerprint density at radius 3 is 2.50 bits per heavy atom. The summed E-state index contributed by atoms with van der Waals surface area (Å²) in [6.07, 6.45) is 0.804. The molecule has 0 aliphatic carbocycles. The minimum atomic E-state index is -0.223. The van der Waals surface area contributed by atoms with Gasteiger partial charge in [-0.1, -0.05) is 19.1 Å². The van der Waals surface area contributed by atoms with Crippen LogP contribution in [0.3, 0.4) is 0 Å². The van der Waals surface area contributed by atoms with Crippen LogP contribution in [0.25, 0.3) is 0 Å². The maximum atomic E-state index is 12.7. The number of hydrogen-bond donors (Lipinski definition) is 1. The van der Waals surface area contributed by atoms with E-state index in [-0.39, 0.29) is 23.7 Å². The number of nitrogens with one attached hydrogen (secondary N) is 1. The lowest BCUT2D eigenvalue weighted by molar-refractivity contribution is -0.145. The van der Waals surface area contributed by atoms with Crippen LogP contribution in [-0.4, -0.2) is 25.7 Å². The van der Waals surface area contributed by atoms with E-state index < -0.39 is 0 Å². The van der Waals surface area contributed by atoms with Gasteiger partial charge in [0.15, 0.2) is 0 Å². The molecule has 0 amide bonds. The van der Waals surface area contributed by atoms with Gasteiger partial charge in [0.2, 0.25) is 0 Å². The van der Waals surface area contributed by atoms with Crippen molar-refractivity contribution in [2.45, 2.75) is 26.3 Å². The Bertz CT molecular complexity index is 378. The van der Waals surface area contributed by atoms with Crippen molar-refractivity contribution < 1.29 is 13.9 Å². The first kappa shape index (κ1) is 14.6. The molecule has 0 saturated heterocycles. The molecule has 0 saturated carbocycles. The van der Waals surface area contributed by atoms with Gasteiger partial charge < -0.3 is 10.1 Å². The second kappa shape index (κ2) is 7.11. The lowest BCUT2D eigenvalue weighted by Crippen LogP contribution is -2.37. The number of ether oxygens (including phenoxy) is 1. The highest BCUT2D eigenvalue weighted by molar-refractivity contribution is 5.72. The number of carbonyl (C=O) groups is 1. The van der Waals surface area contributed by atoms with Crippen LogP contribution in [0.5, 0.6) is 0 Å². The summed E-state index contributed by atoms with van der Waals surface area (Å²) in [7, 11) is 1.39. The van der Waals surface area contributed by atoms with Gasteiger partial charge in [0.05, 0.1) is 13.0 Å². The van der Waals surface area contributed by atoms with Crippen molar-refractivity contribution in [3.8, 4) is 0 Å². The van der Waals surface area contributed by atoms with Crippen molar-refractivity contribution in [1.82, 2.24) is 5.32 Å². The predicted octanol–water partition coefficient (Wildman–Crippen LogP) is 2.16. The van der Waals surface area contributed by atoms with Crippen LogP contribution in [0, 0.1) is 11.7 Å². The Hall–Kier alpha value is -1.42. The second-order valence-corrected chi connectivity index (χ2v) is 4.43. The lowest BCUT2D eigenvalue weighted by atomic mass is 10.0. The zero-order valence-electron chi connectivity index (χ0n) is 11.1. The maximum absolute atomic E-state index is 12.7. The third-order valence-corrected chi connectivity index (χ3v) is 3.12. The summed E-state index contributed by atoms with van der Waals surface area (Å²) < 4.78 is 17.4. The summed E-state index contributed by atoms with van der Waals surface area (Å²) in [5.41, 5.74) is 1.07. The van der Waals surface area contributed by atoms with E-state index in [9.17, 15) is 9.18 Å². The Morgan fingerprint density at radius 2 is 1.94 bits per heavy atom. The number of rotatable bonds is 6. The summed E-state index contributed by atoms with van der Waals surface area (Å²) in [6, 6.07) is 6.50. The van der Waals surface area contributed by atoms with E-state index in [1.54, 1.807) is 12.1 Å². The lowest BCUT2D eigenvalue weighted by Gasteiger charge is -2.19. The topological polar surface area (TPSA) is 38.3 Å². The molecule has 1 aromatic carbocycles. The van der Waals surface area contributed by atoms with E-state index >= 15 is 0 Å². The summed E-state index contributed by atoms with van der Waals surface area (Å²) in [5, 5.41) is 3.27. The fraction of sp³-hybridized carbons (Fsp3) is 0.500. The summed E-state index contributed by atoms with van der Waals surface area (Å²) in [4.78, 5) is 11.3. The SMILES string of the molecule is COC(=O)C(C)C(C)NCCc1ccc(F)cc1. The standard InChI is InChI=1S/C14H20FNO2/c1-10(14(17)18-3)11(2)16-9-8-12-4-6-13(15)7-5-12/h4-7,10-11,16H,8-9H2,1-3H3. The average Bonchev–Trinajstić information content (AvgIpc) is 2.39. The van der Waals surface area contributed by atoms with Crippen LogP contribution in [0.2, 0.25) is 0 Å². The van der Waals surface area contributed by atoms with Crippen LogP contribution in [0.1, 0.15) is 19.4 Å². The first-order valence-electron chi connectivity index (χ1n) is 6.10. The van der Waals surface area contributed by atoms with E-state index in [1.807, 2.05) is 13.8 Å². The normalized spacial score (nSPS) is 14.0. The molecule has 18 heavy (non-hydrogen) atoms. The molecule has 0 heterocycles. The molecule has 100 valence electrons. The van der Waals surface area contributed by atoms with E-state index in [0.717, 1.165) is 18.5 Å². The van der Waals surface area contributed by atoms with Gasteiger partial charge in [-0.25, -0.2) is 4.39 Å². The third kappa shape index (κ3) is 4.45. The molecule has 0 aliphatic rings. The van der Waals surface area contributed by atoms with Crippen LogP contribution in [-0.2, 0) is 16.0 Å². The monoisotopic (exact) mass is 253 g/mol. The third-order valence-electron chi connectivity index (χ3n) is 3.12. The van der Waals surface area contributed by atoms with Gasteiger partial charge in [0.1, 0.15) is 5.82 Å². The molecule has 0 radical (unpaired) electrons. The molecule has 4 heteroatoms. The number of benzene rings is 1. The smallest absolute Gasteiger partial charge is 0.309 e. The molecule has 2 unspecified atom stereocenters. The van der Waals surface area contributed by atoms with Crippen molar-refractivity contribution in [3.05, 3.63) is 35.6 Å². The Labute approximate surface area is 107 Å². The molecule has 1 rings (SSSR count). The summed E-state index contributed by atoms with van der Waals surface area (Å²) in [5.74, 6) is -0.612. The van der Waals surface area contributed by atoms with Gasteiger partial charge in [0, 0.05) is 6.04 Å². The van der Waals surface area contributed by atoms with Gasteiger partial charge in [-0.2, -0.15) is 0 Å².